The van der Waals surface area contributed by atoms with Crippen molar-refractivity contribution in [3.05, 3.63) is 28.8 Å². The normalized spacial score (nSPS) is 21.3. The number of hydrogen-bond acceptors (Lipinski definition) is 5. The Kier molecular flexibility index (Phi) is 4.31. The number of rotatable bonds is 3. The van der Waals surface area contributed by atoms with Gasteiger partial charge in [-0.15, -0.1) is 0 Å². The molecule has 0 radical (unpaired) electrons. The molecule has 0 amide bonds. The van der Waals surface area contributed by atoms with Gasteiger partial charge < -0.3 is 0 Å². The minimum Gasteiger partial charge on any atom is -0.229 e. The van der Waals surface area contributed by atoms with Gasteiger partial charge in [0.15, 0.2) is 9.84 Å². The highest BCUT2D eigenvalue weighted by Crippen LogP contribution is 2.28. The van der Waals surface area contributed by atoms with Gasteiger partial charge in [-0.2, -0.15) is 9.57 Å². The number of halogens is 1. The Morgan fingerprint density at radius 2 is 2.10 bits per heavy atom. The molecule has 1 saturated heterocycles. The second-order valence-corrected chi connectivity index (χ2v) is 9.44. The SMILES string of the molecule is CN(C1CCS(=O)(=O)C1)S(=O)(=O)c1cc(C#N)ccc1Cl. The molecule has 114 valence electrons. The van der Waals surface area contributed by atoms with E-state index in [1.165, 1.54) is 25.2 Å². The van der Waals surface area contributed by atoms with Crippen LogP contribution in [0.2, 0.25) is 5.02 Å². The topological polar surface area (TPSA) is 95.3 Å². The summed E-state index contributed by atoms with van der Waals surface area (Å²) in [7, 11) is -5.82. The molecule has 0 bridgehead atoms. The smallest absolute Gasteiger partial charge is 0.229 e. The molecule has 0 spiro atoms. The summed E-state index contributed by atoms with van der Waals surface area (Å²) in [5.74, 6) is -0.220. The Balaban J connectivity index is 2.41. The van der Waals surface area contributed by atoms with Crippen LogP contribution in [0, 0.1) is 11.3 Å². The third-order valence-electron chi connectivity index (χ3n) is 3.44. The lowest BCUT2D eigenvalue weighted by molar-refractivity contribution is 0.394. The minimum atomic E-state index is -3.95. The Labute approximate surface area is 128 Å². The number of hydrogen-bond donors (Lipinski definition) is 0. The molecule has 0 N–H and O–H groups in total. The van der Waals surface area contributed by atoms with E-state index >= 15 is 0 Å². The fourth-order valence-corrected chi connectivity index (χ4v) is 5.94. The zero-order valence-electron chi connectivity index (χ0n) is 11.2. The first-order valence-electron chi connectivity index (χ1n) is 6.05. The van der Waals surface area contributed by atoms with Gasteiger partial charge in [0.1, 0.15) is 4.90 Å². The fourth-order valence-electron chi connectivity index (χ4n) is 2.18. The number of nitrogens with zero attached hydrogens (tertiary/aromatic N) is 2. The number of sulfone groups is 1. The molecule has 1 heterocycles. The van der Waals surface area contributed by atoms with Gasteiger partial charge in [-0.3, -0.25) is 0 Å². The second-order valence-electron chi connectivity index (χ2n) is 4.84. The van der Waals surface area contributed by atoms with Gasteiger partial charge in [0.25, 0.3) is 0 Å². The molecule has 6 nitrogen and oxygen atoms in total. The summed E-state index contributed by atoms with van der Waals surface area (Å²) in [5, 5.41) is 8.86. The van der Waals surface area contributed by atoms with Crippen LogP contribution in [0.5, 0.6) is 0 Å². The van der Waals surface area contributed by atoms with Gasteiger partial charge >= 0.3 is 0 Å². The molecular weight excluding hydrogens is 336 g/mol. The lowest BCUT2D eigenvalue weighted by Gasteiger charge is -2.23. The quantitative estimate of drug-likeness (QED) is 0.812. The van der Waals surface area contributed by atoms with Gasteiger partial charge in [0.2, 0.25) is 10.0 Å². The molecule has 0 aromatic heterocycles. The van der Waals surface area contributed by atoms with Gasteiger partial charge in [-0.1, -0.05) is 11.6 Å². The van der Waals surface area contributed by atoms with Crippen molar-refractivity contribution in [3.8, 4) is 6.07 Å². The van der Waals surface area contributed by atoms with E-state index in [0.29, 0.717) is 0 Å². The molecular formula is C12H13ClN2O4S2. The lowest BCUT2D eigenvalue weighted by Crippen LogP contribution is -2.37. The number of nitriles is 1. The molecule has 1 unspecified atom stereocenters. The maximum Gasteiger partial charge on any atom is 0.244 e. The minimum absolute atomic E-state index is 0.00158. The largest absolute Gasteiger partial charge is 0.244 e. The van der Waals surface area contributed by atoms with Crippen LogP contribution in [-0.2, 0) is 19.9 Å². The Bertz CT molecular complexity index is 812. The van der Waals surface area contributed by atoms with Crippen molar-refractivity contribution in [2.45, 2.75) is 17.4 Å². The lowest BCUT2D eigenvalue weighted by atomic mass is 10.2. The van der Waals surface area contributed by atoms with Crippen molar-refractivity contribution < 1.29 is 16.8 Å². The van der Waals surface area contributed by atoms with E-state index in [9.17, 15) is 16.8 Å². The van der Waals surface area contributed by atoms with Crippen LogP contribution in [0.3, 0.4) is 0 Å². The maximum atomic E-state index is 12.6. The second kappa shape index (κ2) is 5.57. The Morgan fingerprint density at radius 1 is 1.43 bits per heavy atom. The van der Waals surface area contributed by atoms with Crippen molar-refractivity contribution in [2.75, 3.05) is 18.6 Å². The molecule has 1 aromatic rings. The van der Waals surface area contributed by atoms with Gasteiger partial charge in [0.05, 0.1) is 28.2 Å². The van der Waals surface area contributed by atoms with Crippen molar-refractivity contribution in [2.24, 2.45) is 0 Å². The Hall–Kier alpha value is -1.14. The van der Waals surface area contributed by atoms with Crippen LogP contribution in [0.1, 0.15) is 12.0 Å². The van der Waals surface area contributed by atoms with Crippen molar-refractivity contribution in [1.29, 1.82) is 5.26 Å². The molecule has 1 aromatic carbocycles. The number of sulfonamides is 1. The molecule has 1 fully saturated rings. The summed E-state index contributed by atoms with van der Waals surface area (Å²) in [6.07, 6.45) is 0.258. The molecule has 0 aliphatic carbocycles. The summed E-state index contributed by atoms with van der Waals surface area (Å²) < 4.78 is 49.1. The van der Waals surface area contributed by atoms with Gasteiger partial charge in [-0.25, -0.2) is 16.8 Å². The molecule has 21 heavy (non-hydrogen) atoms. The first-order valence-corrected chi connectivity index (χ1v) is 9.69. The molecule has 1 atom stereocenters. The van der Waals surface area contributed by atoms with Crippen molar-refractivity contribution >= 4 is 31.5 Å². The molecule has 1 aliphatic rings. The van der Waals surface area contributed by atoms with E-state index in [4.69, 9.17) is 16.9 Å². The third-order valence-corrected chi connectivity index (χ3v) is 7.58. The number of benzene rings is 1. The highest BCUT2D eigenvalue weighted by atomic mass is 35.5. The van der Waals surface area contributed by atoms with E-state index in [2.05, 4.69) is 0 Å². The first kappa shape index (κ1) is 16.2. The average Bonchev–Trinajstić information content (AvgIpc) is 2.78. The van der Waals surface area contributed by atoms with Crippen LogP contribution in [0.25, 0.3) is 0 Å². The predicted octanol–water partition coefficient (Wildman–Crippen LogP) is 1.02. The molecule has 9 heteroatoms. The van der Waals surface area contributed by atoms with E-state index in [1.807, 2.05) is 6.07 Å². The van der Waals surface area contributed by atoms with Crippen LogP contribution >= 0.6 is 11.6 Å². The summed E-state index contributed by atoms with van der Waals surface area (Å²) in [4.78, 5) is -0.185. The zero-order chi connectivity index (χ0) is 15.8. The third kappa shape index (κ3) is 3.21. The highest BCUT2D eigenvalue weighted by molar-refractivity contribution is 7.92. The summed E-state index contributed by atoms with van der Waals surface area (Å²) >= 11 is 5.91. The maximum absolute atomic E-state index is 12.6. The molecule has 2 rings (SSSR count). The van der Waals surface area contributed by atoms with E-state index in [-0.39, 0.29) is 33.4 Å². The standard InChI is InChI=1S/C12H13ClN2O4S2/c1-15(10-4-5-20(16,17)8-10)21(18,19)12-6-9(7-14)2-3-11(12)13/h2-3,6,10H,4-5,8H2,1H3. The van der Waals surface area contributed by atoms with E-state index in [1.54, 1.807) is 0 Å². The summed E-state index contributed by atoms with van der Waals surface area (Å²) in [5.41, 5.74) is 0.172. The van der Waals surface area contributed by atoms with Crippen LogP contribution in [-0.4, -0.2) is 45.7 Å². The van der Waals surface area contributed by atoms with E-state index < -0.39 is 25.9 Å². The summed E-state index contributed by atoms with van der Waals surface area (Å²) in [6.45, 7) is 0. The van der Waals surface area contributed by atoms with Gasteiger partial charge in [0, 0.05) is 13.1 Å². The highest BCUT2D eigenvalue weighted by Gasteiger charge is 2.37. The molecule has 0 saturated carbocycles. The van der Waals surface area contributed by atoms with Gasteiger partial charge in [-0.05, 0) is 24.6 Å². The monoisotopic (exact) mass is 348 g/mol. The average molecular weight is 349 g/mol. The van der Waals surface area contributed by atoms with E-state index in [0.717, 1.165) is 4.31 Å². The fraction of sp³-hybridized carbons (Fsp3) is 0.417. The van der Waals surface area contributed by atoms with Crippen LogP contribution in [0.4, 0.5) is 0 Å². The summed E-state index contributed by atoms with van der Waals surface area (Å²) in [6, 6.07) is 5.19. The van der Waals surface area contributed by atoms with Crippen molar-refractivity contribution in [3.63, 3.8) is 0 Å². The molecule has 1 aliphatic heterocycles. The van der Waals surface area contributed by atoms with Crippen molar-refractivity contribution in [1.82, 2.24) is 4.31 Å². The Morgan fingerprint density at radius 3 is 2.62 bits per heavy atom. The first-order chi connectivity index (χ1) is 9.67. The van der Waals surface area contributed by atoms with Crippen LogP contribution in [0.15, 0.2) is 23.1 Å². The predicted molar refractivity (Wildman–Crippen MR) is 78.2 cm³/mol. The van der Waals surface area contributed by atoms with Crippen LogP contribution < -0.4 is 0 Å². The zero-order valence-corrected chi connectivity index (χ0v) is 13.5.